The fourth-order valence-corrected chi connectivity index (χ4v) is 5.12. The summed E-state index contributed by atoms with van der Waals surface area (Å²) in [5.41, 5.74) is 5.46. The number of para-hydroxylation sites is 1. The maximum atomic E-state index is 11.0. The third-order valence-electron chi connectivity index (χ3n) is 6.13. The van der Waals surface area contributed by atoms with Crippen LogP contribution in [0.2, 0.25) is 0 Å². The van der Waals surface area contributed by atoms with E-state index in [1.807, 2.05) is 54.6 Å². The molecule has 3 aromatic heterocycles. The van der Waals surface area contributed by atoms with Crippen LogP contribution in [0.25, 0.3) is 33.8 Å². The molecule has 7 heteroatoms. The molecule has 0 amide bonds. The molecule has 2 aromatic carbocycles. The Kier molecular flexibility index (Phi) is 7.47. The molecule has 0 spiro atoms. The van der Waals surface area contributed by atoms with Crippen LogP contribution in [0.15, 0.2) is 84.0 Å². The molecule has 0 aliphatic carbocycles. The van der Waals surface area contributed by atoms with Gasteiger partial charge in [-0.1, -0.05) is 43.3 Å². The van der Waals surface area contributed by atoms with E-state index in [0.717, 1.165) is 61.0 Å². The molecule has 190 valence electrons. The number of nitrogens with zero attached hydrogens (tertiary/aromatic N) is 2. The monoisotopic (exact) mass is 521 g/mol. The fourth-order valence-electron chi connectivity index (χ4n) is 4.27. The van der Waals surface area contributed by atoms with E-state index >= 15 is 0 Å². The van der Waals surface area contributed by atoms with Crippen molar-refractivity contribution in [1.29, 1.82) is 0 Å². The third kappa shape index (κ3) is 5.58. The topological polar surface area (TPSA) is 88.3 Å². The van der Waals surface area contributed by atoms with Crippen LogP contribution >= 0.6 is 11.3 Å². The highest BCUT2D eigenvalue weighted by Gasteiger charge is 2.15. The van der Waals surface area contributed by atoms with Crippen LogP contribution < -0.4 is 5.32 Å². The molecule has 0 bridgehead atoms. The first-order valence-corrected chi connectivity index (χ1v) is 13.2. The lowest BCUT2D eigenvalue weighted by atomic mass is 10.1. The molecular formula is C31H27N3O3S. The summed E-state index contributed by atoms with van der Waals surface area (Å²) in [6.45, 7) is 6.00. The number of allylic oxidation sites excluding steroid dienone is 1. The summed E-state index contributed by atoms with van der Waals surface area (Å²) >= 11 is 1.63. The van der Waals surface area contributed by atoms with Crippen molar-refractivity contribution in [1.82, 2.24) is 9.97 Å². The second kappa shape index (κ2) is 11.3. The minimum atomic E-state index is -0.852. The average molecular weight is 522 g/mol. The Morgan fingerprint density at radius 1 is 1.08 bits per heavy atom. The Hall–Kier alpha value is -4.49. The van der Waals surface area contributed by atoms with Gasteiger partial charge in [0, 0.05) is 32.8 Å². The summed E-state index contributed by atoms with van der Waals surface area (Å²) in [5.74, 6) is 0.543. The van der Waals surface area contributed by atoms with Crippen LogP contribution in [0.4, 0.5) is 11.5 Å². The standard InChI is InChI=1S/C31H27N3O3S/c1-3-7-25-26(4-2)33-31(34-30(25)32-22-13-10-20(11-14-22)18-29(35)36)28-17-16-23(38-28)15-12-21-19-37-27-9-6-5-8-24(21)27/h3,5-6,8-17,19H,1,4,7,18H2,2H3,(H,35,36)(H,32,33,34)/b15-12+. The van der Waals surface area contributed by atoms with Crippen molar-refractivity contribution in [3.63, 3.8) is 0 Å². The molecule has 0 saturated heterocycles. The second-order valence-corrected chi connectivity index (χ2v) is 9.90. The van der Waals surface area contributed by atoms with Crippen LogP contribution in [-0.4, -0.2) is 21.0 Å². The van der Waals surface area contributed by atoms with Gasteiger partial charge in [-0.05, 0) is 60.9 Å². The number of aliphatic carboxylic acids is 1. The van der Waals surface area contributed by atoms with Crippen molar-refractivity contribution in [2.75, 3.05) is 5.32 Å². The molecule has 0 aliphatic rings. The van der Waals surface area contributed by atoms with Crippen molar-refractivity contribution in [3.8, 4) is 10.7 Å². The Labute approximate surface area is 225 Å². The van der Waals surface area contributed by atoms with E-state index < -0.39 is 5.97 Å². The lowest BCUT2D eigenvalue weighted by Gasteiger charge is -2.15. The van der Waals surface area contributed by atoms with E-state index in [2.05, 4.69) is 43.1 Å². The van der Waals surface area contributed by atoms with Crippen LogP contribution in [-0.2, 0) is 24.1 Å². The van der Waals surface area contributed by atoms with E-state index in [1.54, 1.807) is 17.6 Å². The van der Waals surface area contributed by atoms with Gasteiger partial charge in [-0.25, -0.2) is 9.97 Å². The number of carboxylic acids is 1. The largest absolute Gasteiger partial charge is 0.481 e. The van der Waals surface area contributed by atoms with Gasteiger partial charge >= 0.3 is 5.97 Å². The summed E-state index contributed by atoms with van der Waals surface area (Å²) in [4.78, 5) is 22.9. The van der Waals surface area contributed by atoms with Crippen LogP contribution in [0, 0.1) is 0 Å². The predicted octanol–water partition coefficient (Wildman–Crippen LogP) is 7.78. The van der Waals surface area contributed by atoms with Gasteiger partial charge < -0.3 is 14.8 Å². The number of furan rings is 1. The minimum absolute atomic E-state index is 0.00832. The highest BCUT2D eigenvalue weighted by Crippen LogP contribution is 2.32. The lowest BCUT2D eigenvalue weighted by molar-refractivity contribution is -0.136. The predicted molar refractivity (Wildman–Crippen MR) is 155 cm³/mol. The number of rotatable bonds is 10. The Balaban J connectivity index is 1.44. The average Bonchev–Trinajstić information content (AvgIpc) is 3.56. The molecule has 5 aromatic rings. The van der Waals surface area contributed by atoms with E-state index in [0.29, 0.717) is 12.2 Å². The summed E-state index contributed by atoms with van der Waals surface area (Å²) in [5, 5.41) is 13.5. The number of aromatic nitrogens is 2. The van der Waals surface area contributed by atoms with Gasteiger partial charge in [-0.2, -0.15) is 0 Å². The molecule has 0 radical (unpaired) electrons. The highest BCUT2D eigenvalue weighted by atomic mass is 32.1. The third-order valence-corrected chi connectivity index (χ3v) is 7.18. The zero-order valence-electron chi connectivity index (χ0n) is 21.0. The summed E-state index contributed by atoms with van der Waals surface area (Å²) in [7, 11) is 0. The van der Waals surface area contributed by atoms with E-state index in [1.165, 1.54) is 0 Å². The number of fused-ring (bicyclic) bond motifs is 1. The van der Waals surface area contributed by atoms with Gasteiger partial charge in [0.05, 0.1) is 17.6 Å². The minimum Gasteiger partial charge on any atom is -0.481 e. The summed E-state index contributed by atoms with van der Waals surface area (Å²) in [6.07, 6.45) is 9.16. The number of anilines is 2. The van der Waals surface area contributed by atoms with Gasteiger partial charge in [0.2, 0.25) is 0 Å². The van der Waals surface area contributed by atoms with Crippen LogP contribution in [0.5, 0.6) is 0 Å². The second-order valence-electron chi connectivity index (χ2n) is 8.78. The molecule has 0 atom stereocenters. The molecule has 0 fully saturated rings. The number of hydrogen-bond donors (Lipinski definition) is 2. The molecule has 0 saturated carbocycles. The molecule has 0 aliphatic heterocycles. The molecule has 0 unspecified atom stereocenters. The SMILES string of the molecule is C=CCc1c(CC)nc(-c2ccc(/C=C/c3coc4ccccc34)s2)nc1Nc1ccc(CC(=O)O)cc1. The summed E-state index contributed by atoms with van der Waals surface area (Å²) < 4.78 is 5.65. The first-order chi connectivity index (χ1) is 18.5. The van der Waals surface area contributed by atoms with Gasteiger partial charge in [-0.15, -0.1) is 17.9 Å². The van der Waals surface area contributed by atoms with E-state index in [9.17, 15) is 4.79 Å². The van der Waals surface area contributed by atoms with Crippen molar-refractivity contribution in [2.45, 2.75) is 26.2 Å². The van der Waals surface area contributed by atoms with Crippen molar-refractivity contribution >= 4 is 51.9 Å². The quantitative estimate of drug-likeness (QED) is 0.182. The number of hydrogen-bond acceptors (Lipinski definition) is 6. The fraction of sp³-hybridized carbons (Fsp3) is 0.129. The lowest BCUT2D eigenvalue weighted by Crippen LogP contribution is -2.07. The van der Waals surface area contributed by atoms with Crippen LogP contribution in [0.1, 0.15) is 34.2 Å². The van der Waals surface area contributed by atoms with Crippen molar-refractivity contribution in [2.24, 2.45) is 0 Å². The number of nitrogens with one attached hydrogen (secondary N) is 1. The van der Waals surface area contributed by atoms with E-state index in [4.69, 9.17) is 19.5 Å². The molecular weight excluding hydrogens is 494 g/mol. The highest BCUT2D eigenvalue weighted by molar-refractivity contribution is 7.16. The Bertz CT molecular complexity index is 1630. The molecule has 38 heavy (non-hydrogen) atoms. The van der Waals surface area contributed by atoms with Gasteiger partial charge in [0.15, 0.2) is 5.82 Å². The maximum absolute atomic E-state index is 11.0. The maximum Gasteiger partial charge on any atom is 0.307 e. The van der Waals surface area contributed by atoms with Gasteiger partial charge in [0.25, 0.3) is 0 Å². The first-order valence-electron chi connectivity index (χ1n) is 12.4. The number of thiophene rings is 1. The number of aryl methyl sites for hydroxylation is 1. The zero-order chi connectivity index (χ0) is 26.5. The number of carbonyl (C=O) groups is 1. The smallest absolute Gasteiger partial charge is 0.307 e. The Morgan fingerprint density at radius 2 is 1.89 bits per heavy atom. The number of carboxylic acid groups (broad SMARTS) is 1. The molecule has 5 rings (SSSR count). The molecule has 2 N–H and O–H groups in total. The normalized spacial score (nSPS) is 11.3. The first kappa shape index (κ1) is 25.2. The Morgan fingerprint density at radius 3 is 2.66 bits per heavy atom. The van der Waals surface area contributed by atoms with Crippen molar-refractivity contribution < 1.29 is 14.3 Å². The van der Waals surface area contributed by atoms with Gasteiger partial charge in [0.1, 0.15) is 11.4 Å². The van der Waals surface area contributed by atoms with Crippen molar-refractivity contribution in [3.05, 3.63) is 107 Å². The summed E-state index contributed by atoms with van der Waals surface area (Å²) in [6, 6.07) is 19.5. The van der Waals surface area contributed by atoms with Gasteiger partial charge in [-0.3, -0.25) is 4.79 Å². The zero-order valence-corrected chi connectivity index (χ0v) is 21.8. The van der Waals surface area contributed by atoms with E-state index in [-0.39, 0.29) is 6.42 Å². The number of benzene rings is 2. The van der Waals surface area contributed by atoms with Crippen LogP contribution in [0.3, 0.4) is 0 Å². The molecule has 6 nitrogen and oxygen atoms in total. The molecule has 3 heterocycles.